The van der Waals surface area contributed by atoms with E-state index in [1.807, 2.05) is 49.9 Å². The molecule has 0 spiro atoms. The number of nitrogens with zero attached hydrogens (tertiary/aromatic N) is 3. The number of hydrogen-bond acceptors (Lipinski definition) is 3. The van der Waals surface area contributed by atoms with Gasteiger partial charge in [0, 0.05) is 50.2 Å². The van der Waals surface area contributed by atoms with Gasteiger partial charge in [-0.3, -0.25) is 9.48 Å². The molecule has 24 heavy (non-hydrogen) atoms. The second-order valence-corrected chi connectivity index (χ2v) is 5.94. The Balaban J connectivity index is 1.74. The Morgan fingerprint density at radius 3 is 2.62 bits per heavy atom. The van der Waals surface area contributed by atoms with Gasteiger partial charge in [-0.05, 0) is 38.5 Å². The highest BCUT2D eigenvalue weighted by atomic mass is 16.1. The van der Waals surface area contributed by atoms with Crippen LogP contribution in [0, 0.1) is 13.8 Å². The molecule has 0 bridgehead atoms. The molecule has 0 aliphatic rings. The number of aromatic nitrogens is 2. The van der Waals surface area contributed by atoms with Crippen molar-refractivity contribution in [2.24, 2.45) is 7.05 Å². The summed E-state index contributed by atoms with van der Waals surface area (Å²) in [6, 6.07) is 10.2. The highest BCUT2D eigenvalue weighted by Gasteiger charge is 2.06. The fourth-order valence-electron chi connectivity index (χ4n) is 2.59. The van der Waals surface area contributed by atoms with Crippen LogP contribution in [0.5, 0.6) is 0 Å². The molecule has 1 N–H and O–H groups in total. The lowest BCUT2D eigenvalue weighted by molar-refractivity contribution is -0.116. The zero-order valence-corrected chi connectivity index (χ0v) is 14.9. The molecule has 0 atom stereocenters. The molecule has 0 saturated carbocycles. The summed E-state index contributed by atoms with van der Waals surface area (Å²) in [7, 11) is 3.97. The van der Waals surface area contributed by atoms with Crippen LogP contribution < -0.4 is 10.2 Å². The standard InChI is InChI=1S/C19H26N4O/c1-15-18(16(2)23(4)21-15)11-12-19(24)20-13-8-14-22(3)17-9-6-5-7-10-17/h5-7,9-12H,8,13-14H2,1-4H3,(H,20,24)/b12-11-. The number of nitrogens with one attached hydrogen (secondary N) is 1. The Bertz CT molecular complexity index is 704. The average Bonchev–Trinajstić information content (AvgIpc) is 2.82. The van der Waals surface area contributed by atoms with Crippen molar-refractivity contribution in [2.45, 2.75) is 20.3 Å². The van der Waals surface area contributed by atoms with E-state index >= 15 is 0 Å². The smallest absolute Gasteiger partial charge is 0.244 e. The van der Waals surface area contributed by atoms with Crippen molar-refractivity contribution in [3.05, 3.63) is 53.4 Å². The van der Waals surface area contributed by atoms with Gasteiger partial charge < -0.3 is 10.2 Å². The van der Waals surface area contributed by atoms with E-state index in [9.17, 15) is 4.79 Å². The van der Waals surface area contributed by atoms with E-state index in [0.29, 0.717) is 6.54 Å². The van der Waals surface area contributed by atoms with Crippen LogP contribution in [0.15, 0.2) is 36.4 Å². The average molecular weight is 326 g/mol. The third-order valence-corrected chi connectivity index (χ3v) is 4.13. The van der Waals surface area contributed by atoms with Crippen LogP contribution in [-0.4, -0.2) is 35.8 Å². The first-order chi connectivity index (χ1) is 11.5. The molecule has 0 aliphatic carbocycles. The first kappa shape index (κ1) is 17.8. The van der Waals surface area contributed by atoms with Gasteiger partial charge in [0.25, 0.3) is 0 Å². The number of rotatable bonds is 7. The number of amides is 1. The minimum atomic E-state index is -0.0694. The molecule has 5 nitrogen and oxygen atoms in total. The maximum Gasteiger partial charge on any atom is 0.244 e. The van der Waals surface area contributed by atoms with E-state index in [0.717, 1.165) is 29.9 Å². The van der Waals surface area contributed by atoms with Crippen LogP contribution in [0.25, 0.3) is 6.08 Å². The van der Waals surface area contributed by atoms with Gasteiger partial charge in [-0.25, -0.2) is 0 Å². The van der Waals surface area contributed by atoms with Gasteiger partial charge in [0.2, 0.25) is 5.91 Å². The molecule has 128 valence electrons. The Labute approximate surface area is 144 Å². The number of anilines is 1. The molecule has 1 aromatic heterocycles. The molecule has 0 unspecified atom stereocenters. The van der Waals surface area contributed by atoms with E-state index < -0.39 is 0 Å². The fourth-order valence-corrected chi connectivity index (χ4v) is 2.59. The number of carbonyl (C=O) groups is 1. The van der Waals surface area contributed by atoms with Crippen LogP contribution in [0.1, 0.15) is 23.4 Å². The molecular formula is C19H26N4O. The number of hydrogen-bond donors (Lipinski definition) is 1. The summed E-state index contributed by atoms with van der Waals surface area (Å²) >= 11 is 0. The van der Waals surface area contributed by atoms with Crippen LogP contribution in [-0.2, 0) is 11.8 Å². The Morgan fingerprint density at radius 2 is 2.00 bits per heavy atom. The normalized spacial score (nSPS) is 11.0. The van der Waals surface area contributed by atoms with Crippen molar-refractivity contribution in [1.29, 1.82) is 0 Å². The maximum atomic E-state index is 11.9. The Hall–Kier alpha value is -2.56. The third-order valence-electron chi connectivity index (χ3n) is 4.13. The number of para-hydroxylation sites is 1. The Kier molecular flexibility index (Phi) is 6.18. The molecule has 0 saturated heterocycles. The van der Waals surface area contributed by atoms with Crippen molar-refractivity contribution in [3.63, 3.8) is 0 Å². The van der Waals surface area contributed by atoms with E-state index in [2.05, 4.69) is 34.5 Å². The molecule has 0 radical (unpaired) electrons. The van der Waals surface area contributed by atoms with E-state index in [-0.39, 0.29) is 5.91 Å². The van der Waals surface area contributed by atoms with Gasteiger partial charge in [0.05, 0.1) is 5.69 Å². The van der Waals surface area contributed by atoms with Crippen molar-refractivity contribution in [2.75, 3.05) is 25.0 Å². The lowest BCUT2D eigenvalue weighted by Gasteiger charge is -2.19. The van der Waals surface area contributed by atoms with Crippen LogP contribution in [0.4, 0.5) is 5.69 Å². The molecule has 1 heterocycles. The minimum absolute atomic E-state index is 0.0694. The van der Waals surface area contributed by atoms with E-state index in [1.54, 1.807) is 6.08 Å². The highest BCUT2D eigenvalue weighted by Crippen LogP contribution is 2.13. The molecule has 2 aromatic rings. The molecule has 1 amide bonds. The topological polar surface area (TPSA) is 50.2 Å². The monoisotopic (exact) mass is 326 g/mol. The Morgan fingerprint density at radius 1 is 1.29 bits per heavy atom. The predicted molar refractivity (Wildman–Crippen MR) is 99.1 cm³/mol. The molecule has 0 fully saturated rings. The molecule has 0 aliphatic heterocycles. The van der Waals surface area contributed by atoms with Crippen molar-refractivity contribution >= 4 is 17.7 Å². The second-order valence-electron chi connectivity index (χ2n) is 5.94. The van der Waals surface area contributed by atoms with Gasteiger partial charge in [-0.15, -0.1) is 0 Å². The molecular weight excluding hydrogens is 300 g/mol. The zero-order valence-electron chi connectivity index (χ0n) is 14.9. The zero-order chi connectivity index (χ0) is 17.5. The predicted octanol–water partition coefficient (Wildman–Crippen LogP) is 2.69. The van der Waals surface area contributed by atoms with Crippen molar-refractivity contribution in [1.82, 2.24) is 15.1 Å². The number of benzene rings is 1. The van der Waals surface area contributed by atoms with Crippen LogP contribution in [0.3, 0.4) is 0 Å². The largest absolute Gasteiger partial charge is 0.375 e. The van der Waals surface area contributed by atoms with E-state index in [4.69, 9.17) is 0 Å². The van der Waals surface area contributed by atoms with Gasteiger partial charge in [-0.2, -0.15) is 5.10 Å². The summed E-state index contributed by atoms with van der Waals surface area (Å²) < 4.78 is 1.83. The number of carbonyl (C=O) groups excluding carboxylic acids is 1. The summed E-state index contributed by atoms with van der Waals surface area (Å²) in [5.74, 6) is -0.0694. The SMILES string of the molecule is Cc1nn(C)c(C)c1/C=C\C(=O)NCCCN(C)c1ccccc1. The summed E-state index contributed by atoms with van der Waals surface area (Å²) in [4.78, 5) is 14.1. The first-order valence-corrected chi connectivity index (χ1v) is 8.21. The van der Waals surface area contributed by atoms with Gasteiger partial charge >= 0.3 is 0 Å². The second kappa shape index (κ2) is 8.34. The maximum absolute atomic E-state index is 11.9. The van der Waals surface area contributed by atoms with Crippen LogP contribution in [0.2, 0.25) is 0 Å². The first-order valence-electron chi connectivity index (χ1n) is 8.21. The molecule has 5 heteroatoms. The summed E-state index contributed by atoms with van der Waals surface area (Å²) in [5, 5.41) is 7.27. The molecule has 1 aromatic carbocycles. The lowest BCUT2D eigenvalue weighted by Crippen LogP contribution is -2.26. The lowest BCUT2D eigenvalue weighted by atomic mass is 10.2. The van der Waals surface area contributed by atoms with Gasteiger partial charge in [0.1, 0.15) is 0 Å². The molecule has 2 rings (SSSR count). The highest BCUT2D eigenvalue weighted by molar-refractivity contribution is 5.91. The minimum Gasteiger partial charge on any atom is -0.375 e. The fraction of sp³-hybridized carbons (Fsp3) is 0.368. The van der Waals surface area contributed by atoms with Crippen molar-refractivity contribution in [3.8, 4) is 0 Å². The van der Waals surface area contributed by atoms with E-state index in [1.165, 1.54) is 5.69 Å². The summed E-state index contributed by atoms with van der Waals surface area (Å²) in [5.41, 5.74) is 4.19. The van der Waals surface area contributed by atoms with Gasteiger partial charge in [-0.1, -0.05) is 18.2 Å². The van der Waals surface area contributed by atoms with Gasteiger partial charge in [0.15, 0.2) is 0 Å². The van der Waals surface area contributed by atoms with Crippen molar-refractivity contribution < 1.29 is 4.79 Å². The third kappa shape index (κ3) is 4.72. The summed E-state index contributed by atoms with van der Waals surface area (Å²) in [6.07, 6.45) is 4.32. The summed E-state index contributed by atoms with van der Waals surface area (Å²) in [6.45, 7) is 5.50. The van der Waals surface area contributed by atoms with Crippen LogP contribution >= 0.6 is 0 Å². The quantitative estimate of drug-likeness (QED) is 0.629. The number of aryl methyl sites for hydroxylation is 2.